The van der Waals surface area contributed by atoms with Crippen molar-refractivity contribution in [2.45, 2.75) is 51.9 Å². The predicted octanol–water partition coefficient (Wildman–Crippen LogP) is 2.44. The van der Waals surface area contributed by atoms with Gasteiger partial charge in [0.25, 0.3) is 0 Å². The van der Waals surface area contributed by atoms with Gasteiger partial charge in [-0.05, 0) is 38.0 Å². The second kappa shape index (κ2) is 9.43. The number of methoxy groups -OCH3 is 1. The summed E-state index contributed by atoms with van der Waals surface area (Å²) in [5.41, 5.74) is 0.730. The van der Waals surface area contributed by atoms with E-state index in [4.69, 9.17) is 9.47 Å². The van der Waals surface area contributed by atoms with Gasteiger partial charge in [-0.25, -0.2) is 0 Å². The van der Waals surface area contributed by atoms with Gasteiger partial charge in [0.1, 0.15) is 11.9 Å². The maximum absolute atomic E-state index is 12.0. The molecule has 0 unspecified atom stereocenters. The molecule has 5 nitrogen and oxygen atoms in total. The second-order valence-electron chi connectivity index (χ2n) is 5.38. The lowest BCUT2D eigenvalue weighted by molar-refractivity contribution is -0.133. The Morgan fingerprint density at radius 3 is 2.45 bits per heavy atom. The number of rotatable bonds is 9. The highest BCUT2D eigenvalue weighted by Crippen LogP contribution is 2.20. The van der Waals surface area contributed by atoms with Crippen molar-refractivity contribution in [1.29, 1.82) is 0 Å². The van der Waals surface area contributed by atoms with Crippen LogP contribution in [0.2, 0.25) is 0 Å². The third kappa shape index (κ3) is 5.66. The van der Waals surface area contributed by atoms with Crippen LogP contribution in [0.15, 0.2) is 24.3 Å². The average Bonchev–Trinajstić information content (AvgIpc) is 2.54. The summed E-state index contributed by atoms with van der Waals surface area (Å²) in [4.78, 5) is 12.0. The number of hydrogen-bond donors (Lipinski definition) is 2. The van der Waals surface area contributed by atoms with Gasteiger partial charge in [0.05, 0.1) is 19.3 Å². The van der Waals surface area contributed by atoms with Crippen molar-refractivity contribution in [3.05, 3.63) is 29.8 Å². The first-order valence-electron chi connectivity index (χ1n) is 7.73. The smallest absolute Gasteiger partial charge is 0.249 e. The van der Waals surface area contributed by atoms with Gasteiger partial charge in [0, 0.05) is 6.61 Å². The Morgan fingerprint density at radius 1 is 1.27 bits per heavy atom. The Balaban J connectivity index is 2.51. The van der Waals surface area contributed by atoms with Crippen molar-refractivity contribution in [1.82, 2.24) is 5.32 Å². The first-order chi connectivity index (χ1) is 10.5. The van der Waals surface area contributed by atoms with Crippen LogP contribution in [0.1, 0.15) is 45.3 Å². The summed E-state index contributed by atoms with van der Waals surface area (Å²) >= 11 is 0. The molecule has 0 saturated carbocycles. The molecule has 1 rings (SSSR count). The van der Waals surface area contributed by atoms with E-state index >= 15 is 0 Å². The first-order valence-corrected chi connectivity index (χ1v) is 7.73. The van der Waals surface area contributed by atoms with Gasteiger partial charge in [-0.1, -0.05) is 25.5 Å². The molecule has 2 N–H and O–H groups in total. The molecular weight excluding hydrogens is 282 g/mol. The number of aliphatic hydroxyl groups excluding tert-OH is 1. The lowest BCUT2D eigenvalue weighted by Crippen LogP contribution is -2.42. The number of hydrogen-bond acceptors (Lipinski definition) is 4. The van der Waals surface area contributed by atoms with Crippen LogP contribution in [0, 0.1) is 0 Å². The summed E-state index contributed by atoms with van der Waals surface area (Å²) in [6.45, 7) is 6.13. The van der Waals surface area contributed by atoms with Crippen LogP contribution in [-0.2, 0) is 9.53 Å². The van der Waals surface area contributed by atoms with Crippen molar-refractivity contribution < 1.29 is 19.4 Å². The zero-order valence-corrected chi connectivity index (χ0v) is 13.8. The second-order valence-corrected chi connectivity index (χ2v) is 5.38. The van der Waals surface area contributed by atoms with Gasteiger partial charge in [-0.2, -0.15) is 0 Å². The minimum absolute atomic E-state index is 0.212. The molecule has 0 spiro atoms. The standard InChI is InChI=1S/C17H27NO4/c1-5-6-11-22-13(3)17(20)18-12(2)16(19)14-7-9-15(21-4)10-8-14/h7-10,12-13,16,19H,5-6,11H2,1-4H3,(H,18,20)/t12-,13+,16+/m0/s1. The van der Waals surface area contributed by atoms with Crippen LogP contribution in [-0.4, -0.2) is 36.9 Å². The molecule has 0 aliphatic heterocycles. The molecule has 1 amide bonds. The Morgan fingerprint density at radius 2 is 1.91 bits per heavy atom. The average molecular weight is 309 g/mol. The Kier molecular flexibility index (Phi) is 7.91. The summed E-state index contributed by atoms with van der Waals surface area (Å²) in [7, 11) is 1.59. The molecule has 5 heteroatoms. The van der Waals surface area contributed by atoms with Crippen molar-refractivity contribution in [3.63, 3.8) is 0 Å². The molecule has 0 aliphatic rings. The summed E-state index contributed by atoms with van der Waals surface area (Å²) in [5.74, 6) is 0.516. The number of carbonyl (C=O) groups excluding carboxylic acids is 1. The minimum Gasteiger partial charge on any atom is -0.497 e. The molecule has 0 aliphatic carbocycles. The van der Waals surface area contributed by atoms with Crippen LogP contribution in [0.5, 0.6) is 5.75 Å². The molecule has 0 saturated heterocycles. The van der Waals surface area contributed by atoms with E-state index in [1.54, 1.807) is 45.2 Å². The normalized spacial score (nSPS) is 15.0. The van der Waals surface area contributed by atoms with Gasteiger partial charge in [-0.3, -0.25) is 4.79 Å². The third-order valence-electron chi connectivity index (χ3n) is 3.54. The van der Waals surface area contributed by atoms with Gasteiger partial charge < -0.3 is 19.9 Å². The molecule has 1 aromatic carbocycles. The zero-order valence-electron chi connectivity index (χ0n) is 13.8. The zero-order chi connectivity index (χ0) is 16.5. The Hall–Kier alpha value is -1.59. The van der Waals surface area contributed by atoms with Crippen LogP contribution in [0.25, 0.3) is 0 Å². The van der Waals surface area contributed by atoms with E-state index in [1.165, 1.54) is 0 Å². The van der Waals surface area contributed by atoms with Crippen LogP contribution in [0.3, 0.4) is 0 Å². The van der Waals surface area contributed by atoms with Crippen molar-refractivity contribution in [2.24, 2.45) is 0 Å². The van der Waals surface area contributed by atoms with E-state index in [9.17, 15) is 9.90 Å². The molecule has 1 aromatic rings. The summed E-state index contributed by atoms with van der Waals surface area (Å²) < 4.78 is 10.5. The van der Waals surface area contributed by atoms with E-state index in [0.717, 1.165) is 24.2 Å². The van der Waals surface area contributed by atoms with Crippen LogP contribution >= 0.6 is 0 Å². The number of amides is 1. The molecule has 0 heterocycles. The van der Waals surface area contributed by atoms with Gasteiger partial charge >= 0.3 is 0 Å². The highest BCUT2D eigenvalue weighted by atomic mass is 16.5. The van der Waals surface area contributed by atoms with E-state index in [0.29, 0.717) is 6.61 Å². The lowest BCUT2D eigenvalue weighted by Gasteiger charge is -2.23. The maximum Gasteiger partial charge on any atom is 0.249 e. The fourth-order valence-corrected chi connectivity index (χ4v) is 1.99. The van der Waals surface area contributed by atoms with Crippen molar-refractivity contribution in [2.75, 3.05) is 13.7 Å². The van der Waals surface area contributed by atoms with Gasteiger partial charge in [0.2, 0.25) is 5.91 Å². The highest BCUT2D eigenvalue weighted by Gasteiger charge is 2.21. The number of aliphatic hydroxyl groups is 1. The number of ether oxygens (including phenoxy) is 2. The van der Waals surface area contributed by atoms with Crippen molar-refractivity contribution >= 4 is 5.91 Å². The predicted molar refractivity (Wildman–Crippen MR) is 85.9 cm³/mol. The Labute approximate surface area is 132 Å². The van der Waals surface area contributed by atoms with E-state index in [1.807, 2.05) is 0 Å². The molecule has 124 valence electrons. The summed E-state index contributed by atoms with van der Waals surface area (Å²) in [5, 5.41) is 13.1. The lowest BCUT2D eigenvalue weighted by atomic mass is 10.0. The monoisotopic (exact) mass is 309 g/mol. The maximum atomic E-state index is 12.0. The summed E-state index contributed by atoms with van der Waals surface area (Å²) in [6, 6.07) is 6.73. The third-order valence-corrected chi connectivity index (χ3v) is 3.54. The fraction of sp³-hybridized carbons (Fsp3) is 0.588. The number of unbranched alkanes of at least 4 members (excludes halogenated alkanes) is 1. The quantitative estimate of drug-likeness (QED) is 0.688. The molecule has 0 radical (unpaired) electrons. The SMILES string of the molecule is CCCCO[C@H](C)C(=O)N[C@@H](C)[C@@H](O)c1ccc(OC)cc1. The first kappa shape index (κ1) is 18.5. The topological polar surface area (TPSA) is 67.8 Å². The minimum atomic E-state index is -0.780. The van der Waals surface area contributed by atoms with Crippen LogP contribution in [0.4, 0.5) is 0 Å². The van der Waals surface area contributed by atoms with Gasteiger partial charge in [0.15, 0.2) is 0 Å². The molecular formula is C17H27NO4. The number of carbonyl (C=O) groups is 1. The van der Waals surface area contributed by atoms with E-state index in [-0.39, 0.29) is 5.91 Å². The summed E-state index contributed by atoms with van der Waals surface area (Å²) in [6.07, 6.45) is 0.664. The fourth-order valence-electron chi connectivity index (χ4n) is 1.99. The molecule has 22 heavy (non-hydrogen) atoms. The van der Waals surface area contributed by atoms with Gasteiger partial charge in [-0.15, -0.1) is 0 Å². The number of nitrogens with one attached hydrogen (secondary N) is 1. The van der Waals surface area contributed by atoms with E-state index in [2.05, 4.69) is 12.2 Å². The largest absolute Gasteiger partial charge is 0.497 e. The van der Waals surface area contributed by atoms with Crippen LogP contribution < -0.4 is 10.1 Å². The Bertz CT molecular complexity index is 446. The molecule has 3 atom stereocenters. The van der Waals surface area contributed by atoms with Crippen molar-refractivity contribution in [3.8, 4) is 5.75 Å². The molecule has 0 bridgehead atoms. The molecule has 0 aromatic heterocycles. The van der Waals surface area contributed by atoms with E-state index < -0.39 is 18.2 Å². The highest BCUT2D eigenvalue weighted by molar-refractivity contribution is 5.80. The number of benzene rings is 1. The molecule has 0 fully saturated rings.